The highest BCUT2D eigenvalue weighted by Gasteiger charge is 2.33. The van der Waals surface area contributed by atoms with Crippen LogP contribution in [-0.4, -0.2) is 63.8 Å². The monoisotopic (exact) mass is 456 g/mol. The fraction of sp³-hybridized carbons (Fsp3) is 0.391. The third-order valence-electron chi connectivity index (χ3n) is 6.23. The molecule has 4 rings (SSSR count). The molecule has 0 saturated carbocycles. The van der Waals surface area contributed by atoms with E-state index in [1.807, 2.05) is 31.2 Å². The molecule has 2 N–H and O–H groups in total. The van der Waals surface area contributed by atoms with Crippen LogP contribution in [-0.2, 0) is 21.2 Å². The first-order valence-electron chi connectivity index (χ1n) is 10.7. The minimum absolute atomic E-state index is 0.0128. The van der Waals surface area contributed by atoms with E-state index in [9.17, 15) is 18.0 Å². The highest BCUT2D eigenvalue weighted by molar-refractivity contribution is 7.89. The fourth-order valence-electron chi connectivity index (χ4n) is 4.50. The molecular weight excluding hydrogens is 428 g/mol. The molecule has 2 aliphatic heterocycles. The number of hydrogen-bond acceptors (Lipinski definition) is 6. The summed E-state index contributed by atoms with van der Waals surface area (Å²) < 4.78 is 23.3. The van der Waals surface area contributed by atoms with E-state index >= 15 is 0 Å². The second-order valence-corrected chi connectivity index (χ2v) is 10.1. The average Bonchev–Trinajstić information content (AvgIpc) is 3.08. The molecule has 0 aliphatic carbocycles. The molecule has 1 saturated heterocycles. The van der Waals surface area contributed by atoms with Crippen LogP contribution in [0.4, 0.5) is 11.4 Å². The summed E-state index contributed by atoms with van der Waals surface area (Å²) in [5, 5.41) is 5.24. The van der Waals surface area contributed by atoms with Crippen molar-refractivity contribution in [1.82, 2.24) is 4.90 Å². The Morgan fingerprint density at radius 3 is 2.28 bits per heavy atom. The van der Waals surface area contributed by atoms with Crippen LogP contribution in [0.5, 0.6) is 0 Å². The molecule has 1 atom stereocenters. The predicted octanol–water partition coefficient (Wildman–Crippen LogP) is 1.64. The molecule has 32 heavy (non-hydrogen) atoms. The molecular formula is C23H28N4O4S. The molecule has 0 bridgehead atoms. The number of sulfonamides is 1. The topological polar surface area (TPSA) is 104 Å². The first-order valence-corrected chi connectivity index (χ1v) is 12.2. The highest BCUT2D eigenvalue weighted by atomic mass is 32.2. The van der Waals surface area contributed by atoms with Crippen molar-refractivity contribution in [3.8, 4) is 0 Å². The Morgan fingerprint density at radius 2 is 1.69 bits per heavy atom. The van der Waals surface area contributed by atoms with Crippen molar-refractivity contribution in [2.45, 2.75) is 31.2 Å². The Labute approximate surface area is 188 Å². The number of benzene rings is 2. The average molecular weight is 457 g/mol. The van der Waals surface area contributed by atoms with Gasteiger partial charge in [0.25, 0.3) is 0 Å². The maximum atomic E-state index is 13.1. The standard InChI is InChI=1S/C23H28N4O4S/c1-16-13-19-14-21(32(24,30)31)7-8-22(19)27(16)23(29)15-25-9-11-26(12-10-25)20-5-3-18(4-6-20)17(2)28/h3-8,14,16H,9-13,15H2,1-2H3,(H2,24,30,31)/t16-/m0/s1. The number of hydrogen-bond donors (Lipinski definition) is 1. The smallest absolute Gasteiger partial charge is 0.241 e. The zero-order valence-electron chi connectivity index (χ0n) is 18.3. The molecule has 2 aromatic rings. The van der Waals surface area contributed by atoms with Gasteiger partial charge in [-0.1, -0.05) is 0 Å². The summed E-state index contributed by atoms with van der Waals surface area (Å²) in [6.45, 7) is 6.98. The van der Waals surface area contributed by atoms with Gasteiger partial charge in [0.1, 0.15) is 0 Å². The zero-order chi connectivity index (χ0) is 23.0. The first-order chi connectivity index (χ1) is 15.1. The van der Waals surface area contributed by atoms with Gasteiger partial charge in [0.2, 0.25) is 15.9 Å². The molecule has 0 aromatic heterocycles. The summed E-state index contributed by atoms with van der Waals surface area (Å²) in [5.41, 5.74) is 3.37. The number of piperazine rings is 1. The Balaban J connectivity index is 1.38. The van der Waals surface area contributed by atoms with Crippen LogP contribution in [0.2, 0.25) is 0 Å². The van der Waals surface area contributed by atoms with Gasteiger partial charge < -0.3 is 9.80 Å². The fourth-order valence-corrected chi connectivity index (χ4v) is 5.07. The molecule has 170 valence electrons. The van der Waals surface area contributed by atoms with Crippen LogP contribution in [0.1, 0.15) is 29.8 Å². The van der Waals surface area contributed by atoms with Gasteiger partial charge >= 0.3 is 0 Å². The van der Waals surface area contributed by atoms with Crippen molar-refractivity contribution < 1.29 is 18.0 Å². The quantitative estimate of drug-likeness (QED) is 0.686. The lowest BCUT2D eigenvalue weighted by molar-refractivity contribution is -0.120. The van der Waals surface area contributed by atoms with Gasteiger partial charge in [-0.15, -0.1) is 0 Å². The molecule has 2 heterocycles. The number of anilines is 2. The van der Waals surface area contributed by atoms with Crippen molar-refractivity contribution in [3.63, 3.8) is 0 Å². The third-order valence-corrected chi connectivity index (χ3v) is 7.14. The molecule has 9 heteroatoms. The van der Waals surface area contributed by atoms with Crippen LogP contribution < -0.4 is 14.9 Å². The van der Waals surface area contributed by atoms with E-state index in [1.54, 1.807) is 24.0 Å². The Kier molecular flexibility index (Phi) is 6.07. The third kappa shape index (κ3) is 4.55. The summed E-state index contributed by atoms with van der Waals surface area (Å²) in [6.07, 6.45) is 0.606. The van der Waals surface area contributed by atoms with Gasteiger partial charge in [-0.3, -0.25) is 14.5 Å². The molecule has 0 unspecified atom stereocenters. The molecule has 1 amide bonds. The molecule has 2 aromatic carbocycles. The molecule has 8 nitrogen and oxygen atoms in total. The second kappa shape index (κ2) is 8.65. The van der Waals surface area contributed by atoms with Crippen LogP contribution in [0, 0.1) is 0 Å². The number of carbonyl (C=O) groups is 2. The summed E-state index contributed by atoms with van der Waals surface area (Å²) in [6, 6.07) is 12.3. The summed E-state index contributed by atoms with van der Waals surface area (Å²) in [5.74, 6) is 0.0670. The van der Waals surface area contributed by atoms with E-state index in [0.717, 1.165) is 43.1 Å². The van der Waals surface area contributed by atoms with Crippen LogP contribution in [0.15, 0.2) is 47.4 Å². The van der Waals surface area contributed by atoms with Gasteiger partial charge in [0.05, 0.1) is 11.4 Å². The van der Waals surface area contributed by atoms with Crippen molar-refractivity contribution >= 4 is 33.1 Å². The van der Waals surface area contributed by atoms with Crippen molar-refractivity contribution in [1.29, 1.82) is 0 Å². The Hall–Kier alpha value is -2.75. The van der Waals surface area contributed by atoms with Crippen LogP contribution in [0.25, 0.3) is 0 Å². The number of ketones is 1. The zero-order valence-corrected chi connectivity index (χ0v) is 19.1. The molecule has 2 aliphatic rings. The number of fused-ring (bicyclic) bond motifs is 1. The maximum Gasteiger partial charge on any atom is 0.241 e. The number of rotatable bonds is 5. The normalized spacial score (nSPS) is 19.2. The van der Waals surface area contributed by atoms with Gasteiger partial charge in [0.15, 0.2) is 5.78 Å². The van der Waals surface area contributed by atoms with Gasteiger partial charge in [-0.2, -0.15) is 0 Å². The lowest BCUT2D eigenvalue weighted by Gasteiger charge is -2.36. The molecule has 1 fully saturated rings. The van der Waals surface area contributed by atoms with Crippen LogP contribution >= 0.6 is 0 Å². The molecule has 0 radical (unpaired) electrons. The number of amides is 1. The maximum absolute atomic E-state index is 13.1. The largest absolute Gasteiger partial charge is 0.369 e. The Morgan fingerprint density at radius 1 is 1.03 bits per heavy atom. The van der Waals surface area contributed by atoms with Crippen molar-refractivity contribution in [3.05, 3.63) is 53.6 Å². The van der Waals surface area contributed by atoms with Crippen molar-refractivity contribution in [2.75, 3.05) is 42.5 Å². The van der Waals surface area contributed by atoms with E-state index in [1.165, 1.54) is 6.07 Å². The number of primary sulfonamides is 1. The molecule has 0 spiro atoms. The van der Waals surface area contributed by atoms with E-state index in [-0.39, 0.29) is 22.6 Å². The number of nitrogens with two attached hydrogens (primary N) is 1. The minimum atomic E-state index is -3.77. The highest BCUT2D eigenvalue weighted by Crippen LogP contribution is 2.34. The van der Waals surface area contributed by atoms with E-state index in [4.69, 9.17) is 5.14 Å². The number of nitrogens with zero attached hydrogens (tertiary/aromatic N) is 3. The summed E-state index contributed by atoms with van der Waals surface area (Å²) in [7, 11) is -3.77. The lowest BCUT2D eigenvalue weighted by atomic mass is 10.1. The predicted molar refractivity (Wildman–Crippen MR) is 124 cm³/mol. The van der Waals surface area contributed by atoms with Crippen LogP contribution in [0.3, 0.4) is 0 Å². The first kappa shape index (κ1) is 22.4. The van der Waals surface area contributed by atoms with Gasteiger partial charge in [-0.25, -0.2) is 13.6 Å². The van der Waals surface area contributed by atoms with E-state index in [2.05, 4.69) is 9.80 Å². The summed E-state index contributed by atoms with van der Waals surface area (Å²) >= 11 is 0. The van der Waals surface area contributed by atoms with Crippen molar-refractivity contribution in [2.24, 2.45) is 5.14 Å². The van der Waals surface area contributed by atoms with E-state index < -0.39 is 10.0 Å². The Bertz CT molecular complexity index is 1140. The lowest BCUT2D eigenvalue weighted by Crippen LogP contribution is -2.51. The second-order valence-electron chi connectivity index (χ2n) is 8.52. The van der Waals surface area contributed by atoms with Gasteiger partial charge in [-0.05, 0) is 68.3 Å². The number of carbonyl (C=O) groups excluding carboxylic acids is 2. The SMILES string of the molecule is CC(=O)c1ccc(N2CCN(CC(=O)N3c4ccc(S(N)(=O)=O)cc4C[C@@H]3C)CC2)cc1. The minimum Gasteiger partial charge on any atom is -0.369 e. The van der Waals surface area contributed by atoms with Gasteiger partial charge in [0, 0.05) is 49.2 Å². The number of Topliss-reactive ketones (excluding diaryl/α,β-unsaturated/α-hetero) is 1. The van der Waals surface area contributed by atoms with E-state index in [0.29, 0.717) is 18.5 Å². The summed E-state index contributed by atoms with van der Waals surface area (Å²) in [4.78, 5) is 30.8.